The number of alkyl halides is 3. The predicted octanol–water partition coefficient (Wildman–Crippen LogP) is 2.80. The zero-order valence-electron chi connectivity index (χ0n) is 11.5. The molecule has 2 rings (SSSR count). The number of rotatable bonds is 3. The molecule has 0 bridgehead atoms. The molecular formula is C14H15F3N2O2. The first-order valence-corrected chi connectivity index (χ1v) is 6.38. The lowest BCUT2D eigenvalue weighted by atomic mass is 10.1. The van der Waals surface area contributed by atoms with Crippen molar-refractivity contribution in [3.05, 3.63) is 51.4 Å². The van der Waals surface area contributed by atoms with Crippen LogP contribution < -0.4 is 5.56 Å². The topological polar surface area (TPSA) is 58.0 Å². The Kier molecular flexibility index (Phi) is 3.95. The van der Waals surface area contributed by atoms with Crippen LogP contribution in [-0.2, 0) is 12.8 Å². The number of aliphatic hydroxyl groups is 1. The van der Waals surface area contributed by atoms with Crippen molar-refractivity contribution < 1.29 is 18.3 Å². The predicted molar refractivity (Wildman–Crippen MR) is 71.4 cm³/mol. The second kappa shape index (κ2) is 5.40. The molecule has 0 saturated carbocycles. The maximum atomic E-state index is 13.0. The lowest BCUT2D eigenvalue weighted by Gasteiger charge is -2.12. The van der Waals surface area contributed by atoms with Crippen molar-refractivity contribution in [2.45, 2.75) is 32.5 Å². The molecule has 0 spiro atoms. The average molecular weight is 300 g/mol. The molecule has 7 heteroatoms. The highest BCUT2D eigenvalue weighted by Crippen LogP contribution is 2.33. The number of hydrogen-bond acceptors (Lipinski definition) is 2. The van der Waals surface area contributed by atoms with E-state index in [1.54, 1.807) is 13.8 Å². The number of hydrogen-bond donors (Lipinski definition) is 2. The van der Waals surface area contributed by atoms with E-state index in [-0.39, 0.29) is 17.2 Å². The maximum Gasteiger partial charge on any atom is 0.418 e. The quantitative estimate of drug-likeness (QED) is 0.915. The summed E-state index contributed by atoms with van der Waals surface area (Å²) < 4.78 is 39.9. The van der Waals surface area contributed by atoms with Gasteiger partial charge in [-0.15, -0.1) is 0 Å². The van der Waals surface area contributed by atoms with E-state index in [0.29, 0.717) is 5.69 Å². The van der Waals surface area contributed by atoms with Crippen molar-refractivity contribution in [1.29, 1.82) is 0 Å². The molecule has 0 aliphatic carbocycles. The fourth-order valence-electron chi connectivity index (χ4n) is 2.20. The van der Waals surface area contributed by atoms with Gasteiger partial charge < -0.3 is 5.11 Å². The normalized spacial score (nSPS) is 12.1. The van der Waals surface area contributed by atoms with Crippen LogP contribution in [0, 0.1) is 0 Å². The Balaban J connectivity index is 2.72. The lowest BCUT2D eigenvalue weighted by molar-refractivity contribution is -0.137. The SMILES string of the molecule is CC(C)c1[nH]n(-c2ccccc2C(F)(F)F)c(=O)c1CO. The van der Waals surface area contributed by atoms with Gasteiger partial charge in [-0.2, -0.15) is 13.2 Å². The molecule has 114 valence electrons. The third-order valence-electron chi connectivity index (χ3n) is 3.20. The zero-order chi connectivity index (χ0) is 15.8. The van der Waals surface area contributed by atoms with Crippen LogP contribution in [0.5, 0.6) is 0 Å². The summed E-state index contributed by atoms with van der Waals surface area (Å²) in [5, 5.41) is 12.0. The van der Waals surface area contributed by atoms with Crippen LogP contribution in [-0.4, -0.2) is 14.9 Å². The van der Waals surface area contributed by atoms with Crippen LogP contribution in [0.25, 0.3) is 5.69 Å². The lowest BCUT2D eigenvalue weighted by Crippen LogP contribution is -2.21. The number of aromatic nitrogens is 2. The number of nitrogens with zero attached hydrogens (tertiary/aromatic N) is 1. The monoisotopic (exact) mass is 300 g/mol. The molecule has 0 saturated heterocycles. The Hall–Kier alpha value is -2.02. The van der Waals surface area contributed by atoms with E-state index in [1.165, 1.54) is 18.2 Å². The molecule has 0 unspecified atom stereocenters. The van der Waals surface area contributed by atoms with Crippen molar-refractivity contribution in [3.8, 4) is 5.69 Å². The Labute approximate surface area is 118 Å². The maximum absolute atomic E-state index is 13.0. The van der Waals surface area contributed by atoms with Crippen LogP contribution in [0.4, 0.5) is 13.2 Å². The summed E-state index contributed by atoms with van der Waals surface area (Å²) in [5.41, 5.74) is -1.34. The molecule has 0 amide bonds. The Bertz CT molecular complexity index is 699. The van der Waals surface area contributed by atoms with Gasteiger partial charge in [0.05, 0.1) is 23.4 Å². The Morgan fingerprint density at radius 1 is 1.29 bits per heavy atom. The van der Waals surface area contributed by atoms with Gasteiger partial charge in [0.25, 0.3) is 5.56 Å². The van der Waals surface area contributed by atoms with Crippen LogP contribution in [0.15, 0.2) is 29.1 Å². The molecule has 2 aromatic rings. The first-order valence-electron chi connectivity index (χ1n) is 6.38. The average Bonchev–Trinajstić information content (AvgIpc) is 2.74. The molecule has 1 aromatic carbocycles. The molecule has 0 atom stereocenters. The Morgan fingerprint density at radius 3 is 2.38 bits per heavy atom. The fourth-order valence-corrected chi connectivity index (χ4v) is 2.20. The molecular weight excluding hydrogens is 285 g/mol. The van der Waals surface area contributed by atoms with E-state index >= 15 is 0 Å². The minimum atomic E-state index is -4.57. The van der Waals surface area contributed by atoms with Crippen molar-refractivity contribution in [2.24, 2.45) is 0 Å². The molecule has 0 fully saturated rings. The summed E-state index contributed by atoms with van der Waals surface area (Å²) in [6.07, 6.45) is -4.57. The number of aliphatic hydroxyl groups excluding tert-OH is 1. The van der Waals surface area contributed by atoms with E-state index < -0.39 is 23.9 Å². The smallest absolute Gasteiger partial charge is 0.391 e. The van der Waals surface area contributed by atoms with Crippen molar-refractivity contribution in [3.63, 3.8) is 0 Å². The molecule has 21 heavy (non-hydrogen) atoms. The van der Waals surface area contributed by atoms with Crippen LogP contribution >= 0.6 is 0 Å². The first-order chi connectivity index (χ1) is 9.77. The summed E-state index contributed by atoms with van der Waals surface area (Å²) in [5.74, 6) is -0.126. The molecule has 0 aliphatic rings. The fraction of sp³-hybridized carbons (Fsp3) is 0.357. The van der Waals surface area contributed by atoms with Gasteiger partial charge in [-0.25, -0.2) is 4.68 Å². The largest absolute Gasteiger partial charge is 0.418 e. The van der Waals surface area contributed by atoms with Gasteiger partial charge >= 0.3 is 6.18 Å². The van der Waals surface area contributed by atoms with E-state index in [2.05, 4.69) is 5.10 Å². The zero-order valence-corrected chi connectivity index (χ0v) is 11.5. The summed E-state index contributed by atoms with van der Waals surface area (Å²) >= 11 is 0. The van der Waals surface area contributed by atoms with Crippen molar-refractivity contribution in [2.75, 3.05) is 0 Å². The van der Waals surface area contributed by atoms with Crippen molar-refractivity contribution in [1.82, 2.24) is 9.78 Å². The van der Waals surface area contributed by atoms with Gasteiger partial charge in [0.2, 0.25) is 0 Å². The first kappa shape index (κ1) is 15.4. The second-order valence-corrected chi connectivity index (χ2v) is 4.97. The van der Waals surface area contributed by atoms with E-state index in [9.17, 15) is 23.1 Å². The minimum absolute atomic E-state index is 0.0852. The van der Waals surface area contributed by atoms with Crippen LogP contribution in [0.1, 0.15) is 36.6 Å². The molecule has 0 aliphatic heterocycles. The second-order valence-electron chi connectivity index (χ2n) is 4.97. The minimum Gasteiger partial charge on any atom is -0.391 e. The number of aromatic amines is 1. The summed E-state index contributed by atoms with van der Waals surface area (Å²) in [6.45, 7) is 3.04. The third kappa shape index (κ3) is 2.73. The number of para-hydroxylation sites is 1. The molecule has 2 N–H and O–H groups in total. The van der Waals surface area contributed by atoms with Gasteiger partial charge in [0.1, 0.15) is 0 Å². The molecule has 1 heterocycles. The van der Waals surface area contributed by atoms with Crippen LogP contribution in [0.3, 0.4) is 0 Å². The van der Waals surface area contributed by atoms with E-state index in [1.807, 2.05) is 0 Å². The third-order valence-corrected chi connectivity index (χ3v) is 3.20. The highest BCUT2D eigenvalue weighted by atomic mass is 19.4. The summed E-state index contributed by atoms with van der Waals surface area (Å²) in [6, 6.07) is 4.81. The summed E-state index contributed by atoms with van der Waals surface area (Å²) in [7, 11) is 0. The summed E-state index contributed by atoms with van der Waals surface area (Å²) in [4.78, 5) is 12.2. The number of H-pyrrole nitrogens is 1. The number of nitrogens with one attached hydrogen (secondary N) is 1. The number of halogens is 3. The van der Waals surface area contributed by atoms with Gasteiger partial charge in [0.15, 0.2) is 0 Å². The highest BCUT2D eigenvalue weighted by molar-refractivity contribution is 5.43. The Morgan fingerprint density at radius 2 is 1.90 bits per heavy atom. The highest BCUT2D eigenvalue weighted by Gasteiger charge is 2.34. The van der Waals surface area contributed by atoms with Gasteiger partial charge in [-0.3, -0.25) is 9.89 Å². The molecule has 0 radical (unpaired) electrons. The van der Waals surface area contributed by atoms with E-state index in [0.717, 1.165) is 10.7 Å². The van der Waals surface area contributed by atoms with Crippen molar-refractivity contribution >= 4 is 0 Å². The van der Waals surface area contributed by atoms with E-state index in [4.69, 9.17) is 0 Å². The number of benzene rings is 1. The van der Waals surface area contributed by atoms with Gasteiger partial charge in [-0.1, -0.05) is 26.0 Å². The van der Waals surface area contributed by atoms with Gasteiger partial charge in [0, 0.05) is 5.69 Å². The van der Waals surface area contributed by atoms with Gasteiger partial charge in [-0.05, 0) is 18.1 Å². The molecule has 1 aromatic heterocycles. The molecule has 4 nitrogen and oxygen atoms in total. The van der Waals surface area contributed by atoms with Crippen LogP contribution in [0.2, 0.25) is 0 Å². The standard InChI is InChI=1S/C14H15F3N2O2/c1-8(2)12-9(7-20)13(21)19(18-12)11-6-4-3-5-10(11)14(15,16)17/h3-6,8,18,20H,7H2,1-2H3.